The molecule has 3 aromatic heterocycles. The van der Waals surface area contributed by atoms with Crippen LogP contribution in [-0.2, 0) is 6.54 Å². The third-order valence-electron chi connectivity index (χ3n) is 6.01. The number of imidazole rings is 1. The minimum atomic E-state index is -0.0370. The quantitative estimate of drug-likeness (QED) is 0.511. The summed E-state index contributed by atoms with van der Waals surface area (Å²) in [6.07, 6.45) is 5.38. The van der Waals surface area contributed by atoms with E-state index in [1.807, 2.05) is 66.6 Å². The number of anilines is 1. The van der Waals surface area contributed by atoms with Gasteiger partial charge in [-0.25, -0.2) is 14.8 Å². The Morgan fingerprint density at radius 3 is 2.58 bits per heavy atom. The normalized spacial score (nSPS) is 14.5. The summed E-state index contributed by atoms with van der Waals surface area (Å²) in [7, 11) is 0. The number of aromatic nitrogens is 4. The Morgan fingerprint density at radius 2 is 1.79 bits per heavy atom. The lowest BCUT2D eigenvalue weighted by Gasteiger charge is -2.34. The number of rotatable bonds is 5. The summed E-state index contributed by atoms with van der Waals surface area (Å²) in [5.41, 5.74) is 4.78. The van der Waals surface area contributed by atoms with Gasteiger partial charge in [0.1, 0.15) is 11.3 Å². The molecule has 1 N–H and O–H groups in total. The van der Waals surface area contributed by atoms with Crippen LogP contribution in [0.25, 0.3) is 22.6 Å². The minimum Gasteiger partial charge on any atom is -0.322 e. The molecule has 168 valence electrons. The summed E-state index contributed by atoms with van der Waals surface area (Å²) in [5, 5.41) is 3.01. The Bertz CT molecular complexity index is 1250. The summed E-state index contributed by atoms with van der Waals surface area (Å²) < 4.78 is 2.18. The first-order valence-electron chi connectivity index (χ1n) is 11.2. The molecule has 2 amide bonds. The van der Waals surface area contributed by atoms with Crippen LogP contribution < -0.4 is 5.32 Å². The highest BCUT2D eigenvalue weighted by molar-refractivity contribution is 5.89. The number of aryl methyl sites for hydroxylation is 1. The van der Waals surface area contributed by atoms with Gasteiger partial charge in [0.2, 0.25) is 0 Å². The van der Waals surface area contributed by atoms with E-state index in [0.29, 0.717) is 13.1 Å². The Morgan fingerprint density at radius 1 is 0.970 bits per heavy atom. The maximum Gasteiger partial charge on any atom is 0.321 e. The first-order valence-corrected chi connectivity index (χ1v) is 11.2. The first-order chi connectivity index (χ1) is 16.2. The predicted octanol–water partition coefficient (Wildman–Crippen LogP) is 3.65. The van der Waals surface area contributed by atoms with E-state index >= 15 is 0 Å². The van der Waals surface area contributed by atoms with Crippen molar-refractivity contribution >= 4 is 22.9 Å². The molecule has 33 heavy (non-hydrogen) atoms. The number of nitrogens with zero attached hydrogens (tertiary/aromatic N) is 6. The van der Waals surface area contributed by atoms with E-state index in [2.05, 4.69) is 24.8 Å². The SMILES string of the molecule is Cc1cccc(NC(=O)N2CCN(CCn3c(-c4ccncc4)nc4cccnc43)CC2)c1. The molecular weight excluding hydrogens is 414 g/mol. The zero-order valence-electron chi connectivity index (χ0n) is 18.7. The van der Waals surface area contributed by atoms with Crippen LogP contribution in [0.1, 0.15) is 5.56 Å². The Balaban J connectivity index is 1.22. The standard InChI is InChI=1S/C25H27N7O/c1-19-4-2-5-21(18-19)28-25(33)31-15-12-30(13-16-31)14-17-32-23(20-7-10-26-11-8-20)29-22-6-3-9-27-24(22)32/h2-11,18H,12-17H2,1H3,(H,28,33). The van der Waals surface area contributed by atoms with Crippen molar-refractivity contribution in [1.29, 1.82) is 0 Å². The fourth-order valence-corrected chi connectivity index (χ4v) is 4.23. The Labute approximate surface area is 192 Å². The Kier molecular flexibility index (Phi) is 5.99. The van der Waals surface area contributed by atoms with Crippen LogP contribution >= 0.6 is 0 Å². The van der Waals surface area contributed by atoms with Gasteiger partial charge in [-0.15, -0.1) is 0 Å². The highest BCUT2D eigenvalue weighted by Crippen LogP contribution is 2.23. The second-order valence-corrected chi connectivity index (χ2v) is 8.30. The molecule has 8 nitrogen and oxygen atoms in total. The predicted molar refractivity (Wildman–Crippen MR) is 129 cm³/mol. The fourth-order valence-electron chi connectivity index (χ4n) is 4.23. The number of hydrogen-bond donors (Lipinski definition) is 1. The molecule has 0 aliphatic carbocycles. The van der Waals surface area contributed by atoms with Gasteiger partial charge in [0.15, 0.2) is 5.65 Å². The van der Waals surface area contributed by atoms with E-state index in [1.54, 1.807) is 12.4 Å². The molecule has 0 bridgehead atoms. The summed E-state index contributed by atoms with van der Waals surface area (Å²) in [6, 6.07) is 15.7. The number of fused-ring (bicyclic) bond motifs is 1. The number of benzene rings is 1. The number of carbonyl (C=O) groups is 1. The maximum atomic E-state index is 12.6. The first kappa shape index (κ1) is 21.1. The van der Waals surface area contributed by atoms with Crippen molar-refractivity contribution in [1.82, 2.24) is 29.3 Å². The number of nitrogens with one attached hydrogen (secondary N) is 1. The van der Waals surface area contributed by atoms with Crippen molar-refractivity contribution in [2.24, 2.45) is 0 Å². The van der Waals surface area contributed by atoms with Gasteiger partial charge in [0.05, 0.1) is 0 Å². The molecule has 4 aromatic rings. The summed E-state index contributed by atoms with van der Waals surface area (Å²) in [6.45, 7) is 6.76. The van der Waals surface area contributed by atoms with Gasteiger partial charge in [0, 0.05) is 69.1 Å². The molecule has 1 aliphatic heterocycles. The molecule has 0 saturated carbocycles. The van der Waals surface area contributed by atoms with Crippen LogP contribution in [0.2, 0.25) is 0 Å². The maximum absolute atomic E-state index is 12.6. The van der Waals surface area contributed by atoms with Gasteiger partial charge < -0.3 is 14.8 Å². The topological polar surface area (TPSA) is 79.2 Å². The molecule has 0 radical (unpaired) electrons. The van der Waals surface area contributed by atoms with E-state index in [0.717, 1.165) is 60.0 Å². The second kappa shape index (κ2) is 9.38. The average Bonchev–Trinajstić information content (AvgIpc) is 3.22. The lowest BCUT2D eigenvalue weighted by atomic mass is 10.2. The van der Waals surface area contributed by atoms with E-state index in [9.17, 15) is 4.79 Å². The summed E-state index contributed by atoms with van der Waals surface area (Å²) in [5.74, 6) is 0.905. The number of amides is 2. The van der Waals surface area contributed by atoms with E-state index in [1.165, 1.54) is 0 Å². The van der Waals surface area contributed by atoms with Gasteiger partial charge in [0.25, 0.3) is 0 Å². The van der Waals surface area contributed by atoms with E-state index < -0.39 is 0 Å². The van der Waals surface area contributed by atoms with Gasteiger partial charge in [-0.1, -0.05) is 12.1 Å². The van der Waals surface area contributed by atoms with E-state index in [4.69, 9.17) is 4.98 Å². The zero-order valence-corrected chi connectivity index (χ0v) is 18.7. The number of urea groups is 1. The largest absolute Gasteiger partial charge is 0.322 e. The summed E-state index contributed by atoms with van der Waals surface area (Å²) in [4.78, 5) is 30.4. The van der Waals surface area contributed by atoms with Crippen molar-refractivity contribution in [3.8, 4) is 11.4 Å². The third-order valence-corrected chi connectivity index (χ3v) is 6.01. The van der Waals surface area contributed by atoms with Gasteiger partial charge in [-0.3, -0.25) is 9.88 Å². The number of pyridine rings is 2. The lowest BCUT2D eigenvalue weighted by Crippen LogP contribution is -2.50. The molecule has 1 saturated heterocycles. The fraction of sp³-hybridized carbons (Fsp3) is 0.280. The van der Waals surface area contributed by atoms with Crippen molar-refractivity contribution in [2.45, 2.75) is 13.5 Å². The molecule has 4 heterocycles. The molecule has 1 aromatic carbocycles. The molecule has 0 unspecified atom stereocenters. The van der Waals surface area contributed by atoms with E-state index in [-0.39, 0.29) is 6.03 Å². The molecular formula is C25H27N7O. The Hall–Kier alpha value is -3.78. The van der Waals surface area contributed by atoms with Crippen LogP contribution in [0.3, 0.4) is 0 Å². The molecule has 1 aliphatic rings. The van der Waals surface area contributed by atoms with Crippen LogP contribution in [0, 0.1) is 6.92 Å². The molecule has 0 spiro atoms. The van der Waals surface area contributed by atoms with Crippen LogP contribution in [0.15, 0.2) is 67.1 Å². The van der Waals surface area contributed by atoms with Gasteiger partial charge in [-0.05, 0) is 48.9 Å². The van der Waals surface area contributed by atoms with Crippen LogP contribution in [0.4, 0.5) is 10.5 Å². The monoisotopic (exact) mass is 441 g/mol. The number of piperazine rings is 1. The third kappa shape index (κ3) is 4.70. The number of carbonyl (C=O) groups excluding carboxylic acids is 1. The van der Waals surface area contributed by atoms with Crippen LogP contribution in [0.5, 0.6) is 0 Å². The molecule has 0 atom stereocenters. The highest BCUT2D eigenvalue weighted by atomic mass is 16.2. The molecule has 8 heteroatoms. The summed E-state index contributed by atoms with van der Waals surface area (Å²) >= 11 is 0. The molecule has 5 rings (SSSR count). The second-order valence-electron chi connectivity index (χ2n) is 8.30. The van der Waals surface area contributed by atoms with Crippen molar-refractivity contribution in [3.05, 3.63) is 72.7 Å². The average molecular weight is 442 g/mol. The minimum absolute atomic E-state index is 0.0370. The zero-order chi connectivity index (χ0) is 22.6. The van der Waals surface area contributed by atoms with Crippen LogP contribution in [-0.4, -0.2) is 68.1 Å². The highest BCUT2D eigenvalue weighted by Gasteiger charge is 2.22. The number of hydrogen-bond acceptors (Lipinski definition) is 5. The van der Waals surface area contributed by atoms with Gasteiger partial charge in [-0.2, -0.15) is 0 Å². The van der Waals surface area contributed by atoms with Gasteiger partial charge >= 0.3 is 6.03 Å². The lowest BCUT2D eigenvalue weighted by molar-refractivity contribution is 0.145. The van der Waals surface area contributed by atoms with Crippen molar-refractivity contribution in [2.75, 3.05) is 38.0 Å². The van der Waals surface area contributed by atoms with Crippen molar-refractivity contribution < 1.29 is 4.79 Å². The van der Waals surface area contributed by atoms with Crippen molar-refractivity contribution in [3.63, 3.8) is 0 Å². The smallest absolute Gasteiger partial charge is 0.321 e. The molecule has 1 fully saturated rings.